The molecule has 128 valence electrons. The molecule has 1 saturated heterocycles. The molecule has 0 aromatic heterocycles. The largest absolute Gasteiger partial charge is 0.573 e. The van der Waals surface area contributed by atoms with E-state index in [-0.39, 0.29) is 5.75 Å². The molecule has 7 heteroatoms. The molecule has 2 aromatic carbocycles. The van der Waals surface area contributed by atoms with E-state index in [0.717, 1.165) is 5.39 Å². The highest BCUT2D eigenvalue weighted by Crippen LogP contribution is 2.37. The fraction of sp³-hybridized carbons (Fsp3) is 0.412. The number of halogens is 3. The summed E-state index contributed by atoms with van der Waals surface area (Å²) in [5.74, 6) is -0.265. The van der Waals surface area contributed by atoms with Crippen LogP contribution in [0.2, 0.25) is 0 Å². The highest BCUT2D eigenvalue weighted by Gasteiger charge is 2.52. The van der Waals surface area contributed by atoms with Gasteiger partial charge in [-0.15, -0.1) is 13.2 Å². The molecule has 0 unspecified atom stereocenters. The lowest BCUT2D eigenvalue weighted by molar-refractivity contribution is -0.274. The van der Waals surface area contributed by atoms with E-state index in [2.05, 4.69) is 4.74 Å². The second kappa shape index (κ2) is 5.39. The smallest absolute Gasteiger partial charge is 0.406 e. The van der Waals surface area contributed by atoms with Gasteiger partial charge in [0.1, 0.15) is 5.75 Å². The van der Waals surface area contributed by atoms with Crippen molar-refractivity contribution in [2.45, 2.75) is 45.3 Å². The number of hydrogen-bond acceptors (Lipinski definition) is 3. The van der Waals surface area contributed by atoms with E-state index in [1.165, 1.54) is 12.1 Å². The normalized spacial score (nSPS) is 19.7. The average Bonchev–Trinajstić information content (AvgIpc) is 2.65. The molecule has 0 atom stereocenters. The van der Waals surface area contributed by atoms with Crippen LogP contribution in [0.15, 0.2) is 36.4 Å². The fourth-order valence-corrected chi connectivity index (χ4v) is 2.65. The molecule has 3 rings (SSSR count). The van der Waals surface area contributed by atoms with Crippen molar-refractivity contribution in [2.75, 3.05) is 0 Å². The van der Waals surface area contributed by atoms with Crippen LogP contribution >= 0.6 is 0 Å². The predicted molar refractivity (Wildman–Crippen MR) is 86.3 cm³/mol. The summed E-state index contributed by atoms with van der Waals surface area (Å²) in [5.41, 5.74) is -0.376. The van der Waals surface area contributed by atoms with Crippen LogP contribution in [0, 0.1) is 0 Å². The van der Waals surface area contributed by atoms with Gasteiger partial charge in [-0.2, -0.15) is 0 Å². The monoisotopic (exact) mass is 338 g/mol. The molecule has 1 aliphatic rings. The quantitative estimate of drug-likeness (QED) is 0.774. The van der Waals surface area contributed by atoms with E-state index < -0.39 is 24.7 Å². The molecule has 1 aliphatic heterocycles. The van der Waals surface area contributed by atoms with Gasteiger partial charge in [0.25, 0.3) is 0 Å². The minimum absolute atomic E-state index is 0.265. The van der Waals surface area contributed by atoms with Crippen molar-refractivity contribution in [1.29, 1.82) is 0 Å². The van der Waals surface area contributed by atoms with Crippen molar-refractivity contribution < 1.29 is 27.2 Å². The van der Waals surface area contributed by atoms with Gasteiger partial charge in [-0.3, -0.25) is 0 Å². The van der Waals surface area contributed by atoms with Crippen molar-refractivity contribution >= 4 is 23.4 Å². The fourth-order valence-electron chi connectivity index (χ4n) is 2.65. The van der Waals surface area contributed by atoms with Gasteiger partial charge in [0.15, 0.2) is 0 Å². The number of benzene rings is 2. The molecule has 24 heavy (non-hydrogen) atoms. The highest BCUT2D eigenvalue weighted by atomic mass is 19.4. The zero-order valence-electron chi connectivity index (χ0n) is 13.9. The molecule has 0 radical (unpaired) electrons. The Balaban J connectivity index is 2.04. The molecule has 0 N–H and O–H groups in total. The molecule has 1 heterocycles. The third-order valence-corrected chi connectivity index (χ3v) is 4.63. The maximum atomic E-state index is 12.5. The molecule has 0 bridgehead atoms. The summed E-state index contributed by atoms with van der Waals surface area (Å²) < 4.78 is 53.5. The molecule has 0 spiro atoms. The van der Waals surface area contributed by atoms with Crippen LogP contribution < -0.4 is 10.2 Å². The lowest BCUT2D eigenvalue weighted by Gasteiger charge is -2.32. The summed E-state index contributed by atoms with van der Waals surface area (Å²) >= 11 is 0. The molecule has 0 aliphatic carbocycles. The Kier molecular flexibility index (Phi) is 3.84. The number of alkyl halides is 3. The Hall–Kier alpha value is -1.73. The van der Waals surface area contributed by atoms with E-state index in [4.69, 9.17) is 9.31 Å². The van der Waals surface area contributed by atoms with Gasteiger partial charge in [0, 0.05) is 0 Å². The lowest BCUT2D eigenvalue weighted by atomic mass is 9.76. The first kappa shape index (κ1) is 17.1. The Morgan fingerprint density at radius 1 is 0.958 bits per heavy atom. The average molecular weight is 338 g/mol. The highest BCUT2D eigenvalue weighted by molar-refractivity contribution is 6.65. The van der Waals surface area contributed by atoms with E-state index in [0.29, 0.717) is 10.8 Å². The Labute approximate surface area is 138 Å². The van der Waals surface area contributed by atoms with E-state index >= 15 is 0 Å². The van der Waals surface area contributed by atoms with Crippen LogP contribution in [0.25, 0.3) is 10.8 Å². The predicted octanol–water partition coefficient (Wildman–Crippen LogP) is 4.04. The molecule has 3 nitrogen and oxygen atoms in total. The Bertz CT molecular complexity index is 755. The van der Waals surface area contributed by atoms with Gasteiger partial charge >= 0.3 is 13.5 Å². The van der Waals surface area contributed by atoms with Crippen molar-refractivity contribution in [3.8, 4) is 5.75 Å². The van der Waals surface area contributed by atoms with E-state index in [1.54, 1.807) is 12.1 Å². The second-order valence-corrected chi connectivity index (χ2v) is 6.87. The summed E-state index contributed by atoms with van der Waals surface area (Å²) in [6, 6.07) is 9.69. The van der Waals surface area contributed by atoms with Gasteiger partial charge in [-0.25, -0.2) is 0 Å². The summed E-state index contributed by atoms with van der Waals surface area (Å²) in [7, 11) is -0.653. The van der Waals surface area contributed by atoms with Crippen molar-refractivity contribution in [2.24, 2.45) is 0 Å². The second-order valence-electron chi connectivity index (χ2n) is 6.87. The first-order chi connectivity index (χ1) is 11.0. The lowest BCUT2D eigenvalue weighted by Crippen LogP contribution is -2.41. The standard InChI is InChI=1S/C17H18BF3O3/c1-15(2)16(3,4)24-18(23-15)14-7-5-6-11-8-9-12(10-13(11)14)22-17(19,20)21/h5-10H,1-4H3. The summed E-state index contributed by atoms with van der Waals surface area (Å²) in [6.07, 6.45) is -4.73. The third kappa shape index (κ3) is 3.10. The zero-order valence-corrected chi connectivity index (χ0v) is 13.9. The van der Waals surface area contributed by atoms with E-state index in [1.807, 2.05) is 39.8 Å². The Morgan fingerprint density at radius 3 is 2.17 bits per heavy atom. The van der Waals surface area contributed by atoms with Crippen molar-refractivity contribution in [3.63, 3.8) is 0 Å². The van der Waals surface area contributed by atoms with Crippen molar-refractivity contribution in [1.82, 2.24) is 0 Å². The zero-order chi connectivity index (χ0) is 17.8. The van der Waals surface area contributed by atoms with E-state index in [9.17, 15) is 13.2 Å². The maximum Gasteiger partial charge on any atom is 0.573 e. The summed E-state index contributed by atoms with van der Waals surface area (Å²) in [4.78, 5) is 0. The molecule has 2 aromatic rings. The SMILES string of the molecule is CC1(C)OB(c2cccc3ccc(OC(F)(F)F)cc23)OC1(C)C. The van der Waals surface area contributed by atoms with Crippen LogP contribution in [0.1, 0.15) is 27.7 Å². The van der Waals surface area contributed by atoms with Crippen LogP contribution in [0.3, 0.4) is 0 Å². The van der Waals surface area contributed by atoms with Crippen LogP contribution in [0.4, 0.5) is 13.2 Å². The number of hydrogen-bond donors (Lipinski definition) is 0. The number of fused-ring (bicyclic) bond motifs is 1. The van der Waals surface area contributed by atoms with Gasteiger partial charge in [-0.05, 0) is 56.1 Å². The van der Waals surface area contributed by atoms with Gasteiger partial charge in [0.2, 0.25) is 0 Å². The van der Waals surface area contributed by atoms with Gasteiger partial charge < -0.3 is 14.0 Å². The molecule has 0 amide bonds. The third-order valence-electron chi connectivity index (χ3n) is 4.63. The Morgan fingerprint density at radius 2 is 1.58 bits per heavy atom. The van der Waals surface area contributed by atoms with Crippen LogP contribution in [0.5, 0.6) is 5.75 Å². The first-order valence-corrected chi connectivity index (χ1v) is 7.63. The summed E-state index contributed by atoms with van der Waals surface area (Å²) in [6.45, 7) is 7.71. The van der Waals surface area contributed by atoms with Crippen LogP contribution in [-0.4, -0.2) is 24.7 Å². The molecule has 0 saturated carbocycles. The molecular weight excluding hydrogens is 320 g/mol. The first-order valence-electron chi connectivity index (χ1n) is 7.63. The molecular formula is C17H18BF3O3. The number of rotatable bonds is 2. The van der Waals surface area contributed by atoms with Gasteiger partial charge in [-0.1, -0.05) is 24.3 Å². The topological polar surface area (TPSA) is 27.7 Å². The maximum absolute atomic E-state index is 12.5. The minimum Gasteiger partial charge on any atom is -0.406 e. The minimum atomic E-state index is -4.73. The molecule has 1 fully saturated rings. The van der Waals surface area contributed by atoms with Crippen molar-refractivity contribution in [3.05, 3.63) is 36.4 Å². The van der Waals surface area contributed by atoms with Gasteiger partial charge in [0.05, 0.1) is 11.2 Å². The van der Waals surface area contributed by atoms with Crippen LogP contribution in [-0.2, 0) is 9.31 Å². The summed E-state index contributed by atoms with van der Waals surface area (Å²) in [5, 5.41) is 1.40. The number of ether oxygens (including phenoxy) is 1.